The molecule has 1 aliphatic rings. The predicted molar refractivity (Wildman–Crippen MR) is 85.7 cm³/mol. The molecular weight excluding hydrogens is 276 g/mol. The summed E-state index contributed by atoms with van der Waals surface area (Å²) in [5.41, 5.74) is 4.47. The van der Waals surface area contributed by atoms with Gasteiger partial charge in [-0.05, 0) is 44.4 Å². The molecule has 0 radical (unpaired) electrons. The Morgan fingerprint density at radius 3 is 2.91 bits per heavy atom. The smallest absolute Gasteiger partial charge is 0.223 e. The summed E-state index contributed by atoms with van der Waals surface area (Å²) >= 11 is 0. The van der Waals surface area contributed by atoms with Crippen molar-refractivity contribution in [3.63, 3.8) is 0 Å². The van der Waals surface area contributed by atoms with E-state index in [1.807, 2.05) is 18.7 Å². The SMILES string of the molecule is Cc1n[nH]c(C)c1C(C)CC(=O)N1CCn2cccc2C1C. The zero-order chi connectivity index (χ0) is 15.9. The van der Waals surface area contributed by atoms with Crippen LogP contribution in [0.1, 0.15) is 54.9 Å². The van der Waals surface area contributed by atoms with Crippen molar-refractivity contribution in [2.24, 2.45) is 0 Å². The Morgan fingerprint density at radius 1 is 1.45 bits per heavy atom. The number of carbonyl (C=O) groups excluding carboxylic acids is 1. The molecule has 0 aromatic carbocycles. The van der Waals surface area contributed by atoms with E-state index in [9.17, 15) is 4.79 Å². The summed E-state index contributed by atoms with van der Waals surface area (Å²) < 4.78 is 2.24. The average Bonchev–Trinajstić information content (AvgIpc) is 3.06. The summed E-state index contributed by atoms with van der Waals surface area (Å²) in [6, 6.07) is 4.31. The minimum Gasteiger partial charge on any atom is -0.348 e. The van der Waals surface area contributed by atoms with Crippen LogP contribution in [0.3, 0.4) is 0 Å². The summed E-state index contributed by atoms with van der Waals surface area (Å²) in [6.45, 7) is 9.92. The second-order valence-electron chi connectivity index (χ2n) is 6.34. The lowest BCUT2D eigenvalue weighted by Crippen LogP contribution is -2.41. The minimum atomic E-state index is 0.148. The van der Waals surface area contributed by atoms with Crippen molar-refractivity contribution in [3.8, 4) is 0 Å². The number of amides is 1. The number of aryl methyl sites for hydroxylation is 2. The topological polar surface area (TPSA) is 53.9 Å². The second-order valence-corrected chi connectivity index (χ2v) is 6.34. The third-order valence-electron chi connectivity index (χ3n) is 4.82. The van der Waals surface area contributed by atoms with Gasteiger partial charge in [0.05, 0.1) is 11.7 Å². The third kappa shape index (κ3) is 2.45. The Morgan fingerprint density at radius 2 is 2.23 bits per heavy atom. The standard InChI is InChI=1S/C17H24N4O/c1-11(17-12(2)18-19-13(17)3)10-16(22)21-9-8-20-7-5-6-15(20)14(21)4/h5-7,11,14H,8-10H2,1-4H3,(H,18,19). The zero-order valence-electron chi connectivity index (χ0n) is 13.8. The molecule has 0 saturated carbocycles. The Hall–Kier alpha value is -2.04. The van der Waals surface area contributed by atoms with Crippen LogP contribution in [0.4, 0.5) is 0 Å². The summed E-state index contributed by atoms with van der Waals surface area (Å²) in [7, 11) is 0. The molecule has 1 amide bonds. The largest absolute Gasteiger partial charge is 0.348 e. The molecule has 118 valence electrons. The van der Waals surface area contributed by atoms with Crippen molar-refractivity contribution < 1.29 is 4.79 Å². The number of nitrogens with zero attached hydrogens (tertiary/aromatic N) is 3. The van der Waals surface area contributed by atoms with E-state index in [-0.39, 0.29) is 17.9 Å². The number of hydrogen-bond donors (Lipinski definition) is 1. The van der Waals surface area contributed by atoms with Gasteiger partial charge < -0.3 is 9.47 Å². The highest BCUT2D eigenvalue weighted by molar-refractivity contribution is 5.77. The fourth-order valence-electron chi connectivity index (χ4n) is 3.69. The molecule has 3 heterocycles. The number of hydrogen-bond acceptors (Lipinski definition) is 2. The van der Waals surface area contributed by atoms with Crippen molar-refractivity contribution in [2.75, 3.05) is 6.54 Å². The number of carbonyl (C=O) groups is 1. The number of H-pyrrole nitrogens is 1. The van der Waals surface area contributed by atoms with E-state index in [1.54, 1.807) is 0 Å². The van der Waals surface area contributed by atoms with Gasteiger partial charge in [-0.1, -0.05) is 6.92 Å². The van der Waals surface area contributed by atoms with Gasteiger partial charge in [0.2, 0.25) is 5.91 Å². The second kappa shape index (κ2) is 5.63. The lowest BCUT2D eigenvalue weighted by Gasteiger charge is -2.35. The molecule has 0 saturated heterocycles. The Bertz CT molecular complexity index is 665. The maximum absolute atomic E-state index is 12.8. The van der Waals surface area contributed by atoms with Crippen LogP contribution in [0.25, 0.3) is 0 Å². The highest BCUT2D eigenvalue weighted by Gasteiger charge is 2.29. The lowest BCUT2D eigenvalue weighted by molar-refractivity contribution is -0.134. The molecular formula is C17H24N4O. The molecule has 2 atom stereocenters. The first-order valence-electron chi connectivity index (χ1n) is 7.95. The summed E-state index contributed by atoms with van der Waals surface area (Å²) in [5, 5.41) is 7.25. The number of fused-ring (bicyclic) bond motifs is 1. The molecule has 0 spiro atoms. The van der Waals surface area contributed by atoms with E-state index in [2.05, 4.69) is 46.9 Å². The molecule has 0 aliphatic carbocycles. The van der Waals surface area contributed by atoms with Crippen LogP contribution in [0.15, 0.2) is 18.3 Å². The van der Waals surface area contributed by atoms with E-state index in [1.165, 1.54) is 11.3 Å². The van der Waals surface area contributed by atoms with Gasteiger partial charge in [0.1, 0.15) is 0 Å². The van der Waals surface area contributed by atoms with Gasteiger partial charge in [-0.25, -0.2) is 0 Å². The zero-order valence-corrected chi connectivity index (χ0v) is 13.8. The average molecular weight is 300 g/mol. The van der Waals surface area contributed by atoms with Crippen LogP contribution in [-0.2, 0) is 11.3 Å². The van der Waals surface area contributed by atoms with Crippen LogP contribution in [0, 0.1) is 13.8 Å². The first-order chi connectivity index (χ1) is 10.5. The van der Waals surface area contributed by atoms with Crippen LogP contribution >= 0.6 is 0 Å². The number of rotatable bonds is 3. The maximum atomic E-state index is 12.8. The summed E-state index contributed by atoms with van der Waals surface area (Å²) in [4.78, 5) is 14.8. The van der Waals surface area contributed by atoms with Crippen molar-refractivity contribution >= 4 is 5.91 Å². The quantitative estimate of drug-likeness (QED) is 0.947. The molecule has 1 N–H and O–H groups in total. The molecule has 1 aliphatic heterocycles. The fourth-order valence-corrected chi connectivity index (χ4v) is 3.69. The molecule has 2 aromatic rings. The third-order valence-corrected chi connectivity index (χ3v) is 4.82. The Balaban J connectivity index is 1.73. The molecule has 5 nitrogen and oxygen atoms in total. The molecule has 22 heavy (non-hydrogen) atoms. The number of aromatic nitrogens is 3. The molecule has 0 bridgehead atoms. The normalized spacial score (nSPS) is 19.1. The molecule has 0 fully saturated rings. The van der Waals surface area contributed by atoms with Crippen LogP contribution in [-0.4, -0.2) is 32.1 Å². The summed E-state index contributed by atoms with van der Waals surface area (Å²) in [5.74, 6) is 0.416. The van der Waals surface area contributed by atoms with Gasteiger partial charge in [0, 0.05) is 37.1 Å². The summed E-state index contributed by atoms with van der Waals surface area (Å²) in [6.07, 6.45) is 2.63. The van der Waals surface area contributed by atoms with Gasteiger partial charge in [-0.15, -0.1) is 0 Å². The lowest BCUT2D eigenvalue weighted by atomic mass is 9.95. The van der Waals surface area contributed by atoms with Gasteiger partial charge in [-0.2, -0.15) is 5.10 Å². The van der Waals surface area contributed by atoms with Crippen LogP contribution in [0.2, 0.25) is 0 Å². The fraction of sp³-hybridized carbons (Fsp3) is 0.529. The Labute approximate surface area is 131 Å². The van der Waals surface area contributed by atoms with Gasteiger partial charge >= 0.3 is 0 Å². The molecule has 2 aromatic heterocycles. The van der Waals surface area contributed by atoms with E-state index in [0.29, 0.717) is 6.42 Å². The first-order valence-corrected chi connectivity index (χ1v) is 7.95. The molecule has 2 unspecified atom stereocenters. The van der Waals surface area contributed by atoms with Crippen molar-refractivity contribution in [1.29, 1.82) is 0 Å². The van der Waals surface area contributed by atoms with Crippen LogP contribution in [0.5, 0.6) is 0 Å². The van der Waals surface area contributed by atoms with Gasteiger partial charge in [0.15, 0.2) is 0 Å². The van der Waals surface area contributed by atoms with Gasteiger partial charge in [0.25, 0.3) is 0 Å². The Kier molecular flexibility index (Phi) is 3.81. The predicted octanol–water partition coefficient (Wildman–Crippen LogP) is 2.93. The first kappa shape index (κ1) is 14.9. The van der Waals surface area contributed by atoms with Crippen molar-refractivity contribution in [2.45, 2.75) is 52.6 Å². The molecule has 3 rings (SSSR count). The monoisotopic (exact) mass is 300 g/mol. The van der Waals surface area contributed by atoms with E-state index in [0.717, 1.165) is 24.5 Å². The number of nitrogens with one attached hydrogen (secondary N) is 1. The van der Waals surface area contributed by atoms with E-state index >= 15 is 0 Å². The maximum Gasteiger partial charge on any atom is 0.223 e. The van der Waals surface area contributed by atoms with Crippen molar-refractivity contribution in [1.82, 2.24) is 19.7 Å². The highest BCUT2D eigenvalue weighted by atomic mass is 16.2. The van der Waals surface area contributed by atoms with Gasteiger partial charge in [-0.3, -0.25) is 9.89 Å². The van der Waals surface area contributed by atoms with E-state index < -0.39 is 0 Å². The van der Waals surface area contributed by atoms with E-state index in [4.69, 9.17) is 0 Å². The highest BCUT2D eigenvalue weighted by Crippen LogP contribution is 2.29. The molecule has 5 heteroatoms. The minimum absolute atomic E-state index is 0.148. The number of aromatic amines is 1. The van der Waals surface area contributed by atoms with Crippen molar-refractivity contribution in [3.05, 3.63) is 41.0 Å². The van der Waals surface area contributed by atoms with Crippen LogP contribution < -0.4 is 0 Å².